The van der Waals surface area contributed by atoms with Gasteiger partial charge in [-0.3, -0.25) is 9.59 Å². The van der Waals surface area contributed by atoms with Crippen molar-refractivity contribution in [1.29, 1.82) is 0 Å². The minimum atomic E-state index is -0.878. The van der Waals surface area contributed by atoms with Crippen molar-refractivity contribution in [3.63, 3.8) is 0 Å². The summed E-state index contributed by atoms with van der Waals surface area (Å²) in [6, 6.07) is 12.9. The van der Waals surface area contributed by atoms with E-state index >= 15 is 0 Å². The number of unbranched alkanes of at least 4 members (excludes halogenated alkanes) is 2. The Labute approximate surface area is 252 Å². The molecule has 0 saturated heterocycles. The molecule has 1 aliphatic heterocycles. The number of aryl methyl sites for hydroxylation is 1. The zero-order chi connectivity index (χ0) is 30.6. The molecule has 4 rings (SSSR count). The Morgan fingerprint density at radius 1 is 0.884 bits per heavy atom. The van der Waals surface area contributed by atoms with Gasteiger partial charge in [-0.1, -0.05) is 25.5 Å². The molecule has 3 aromatic rings. The van der Waals surface area contributed by atoms with Crippen molar-refractivity contribution in [1.82, 2.24) is 0 Å². The first-order valence-corrected chi connectivity index (χ1v) is 15.0. The van der Waals surface area contributed by atoms with E-state index in [2.05, 4.69) is 6.92 Å². The van der Waals surface area contributed by atoms with Crippen molar-refractivity contribution in [2.45, 2.75) is 65.2 Å². The first-order valence-electron chi connectivity index (χ1n) is 15.0. The average molecular weight is 593 g/mol. The number of ether oxygens (including phenoxy) is 5. The SMILES string of the molecule is CCCc1c(OCCCCCOc2ccc3cc(OCC(=O)OCC)ccc3c2CCC(=O)O)ccc2c1OCCC2=O. The van der Waals surface area contributed by atoms with Crippen molar-refractivity contribution in [3.8, 4) is 23.0 Å². The van der Waals surface area contributed by atoms with Crippen molar-refractivity contribution in [3.05, 3.63) is 59.2 Å². The smallest absolute Gasteiger partial charge is 0.344 e. The maximum atomic E-state index is 12.3. The molecule has 1 heterocycles. The molecule has 9 heteroatoms. The van der Waals surface area contributed by atoms with E-state index in [9.17, 15) is 19.5 Å². The number of carboxylic acid groups (broad SMARTS) is 1. The number of carbonyl (C=O) groups is 3. The second-order valence-corrected chi connectivity index (χ2v) is 10.4. The molecule has 0 spiro atoms. The number of carboxylic acids is 1. The number of fused-ring (bicyclic) bond motifs is 2. The van der Waals surface area contributed by atoms with Gasteiger partial charge < -0.3 is 28.8 Å². The summed E-state index contributed by atoms with van der Waals surface area (Å²) in [4.78, 5) is 35.2. The Morgan fingerprint density at radius 3 is 2.35 bits per heavy atom. The maximum Gasteiger partial charge on any atom is 0.344 e. The van der Waals surface area contributed by atoms with Crippen LogP contribution in [-0.2, 0) is 27.2 Å². The molecule has 0 amide bonds. The van der Waals surface area contributed by atoms with Gasteiger partial charge in [0.1, 0.15) is 23.0 Å². The highest BCUT2D eigenvalue weighted by atomic mass is 16.6. The number of ketones is 1. The molecule has 0 bridgehead atoms. The maximum absolute atomic E-state index is 12.3. The van der Waals surface area contributed by atoms with Crippen LogP contribution in [0.5, 0.6) is 23.0 Å². The first kappa shape index (κ1) is 31.7. The highest BCUT2D eigenvalue weighted by Gasteiger charge is 2.23. The molecule has 0 atom stereocenters. The van der Waals surface area contributed by atoms with Crippen molar-refractivity contribution < 1.29 is 43.2 Å². The Kier molecular flexibility index (Phi) is 11.6. The van der Waals surface area contributed by atoms with E-state index in [0.717, 1.165) is 59.8 Å². The van der Waals surface area contributed by atoms with E-state index in [1.165, 1.54) is 0 Å². The Bertz CT molecular complexity index is 1430. The van der Waals surface area contributed by atoms with Crippen molar-refractivity contribution in [2.75, 3.05) is 33.0 Å². The van der Waals surface area contributed by atoms with Gasteiger partial charge in [0.15, 0.2) is 12.4 Å². The summed E-state index contributed by atoms with van der Waals surface area (Å²) < 4.78 is 28.5. The third-order valence-electron chi connectivity index (χ3n) is 7.21. The van der Waals surface area contributed by atoms with Gasteiger partial charge in [-0.2, -0.15) is 0 Å². The summed E-state index contributed by atoms with van der Waals surface area (Å²) in [7, 11) is 0. The van der Waals surface area contributed by atoms with Gasteiger partial charge >= 0.3 is 11.9 Å². The van der Waals surface area contributed by atoms with Gasteiger partial charge in [-0.05, 0) is 80.1 Å². The van der Waals surface area contributed by atoms with Gasteiger partial charge in [0.05, 0.1) is 32.0 Å². The molecule has 0 aromatic heterocycles. The van der Waals surface area contributed by atoms with E-state index in [1.807, 2.05) is 36.4 Å². The topological polar surface area (TPSA) is 118 Å². The summed E-state index contributed by atoms with van der Waals surface area (Å²) in [6.45, 7) is 5.39. The Balaban J connectivity index is 1.31. The first-order chi connectivity index (χ1) is 20.9. The minimum absolute atomic E-state index is 0.0180. The third kappa shape index (κ3) is 8.63. The van der Waals surface area contributed by atoms with E-state index in [-0.39, 0.29) is 18.8 Å². The quantitative estimate of drug-likeness (QED) is 0.141. The van der Waals surface area contributed by atoms with Crippen LogP contribution >= 0.6 is 0 Å². The van der Waals surface area contributed by atoms with Crippen molar-refractivity contribution in [2.24, 2.45) is 0 Å². The van der Waals surface area contributed by atoms with Gasteiger partial charge in [0.25, 0.3) is 0 Å². The van der Waals surface area contributed by atoms with Crippen LogP contribution in [0, 0.1) is 0 Å². The molecular formula is C34H40O9. The average Bonchev–Trinajstić information content (AvgIpc) is 2.99. The number of esters is 1. The summed E-state index contributed by atoms with van der Waals surface area (Å²) in [6.07, 6.45) is 4.98. The molecule has 0 fully saturated rings. The van der Waals surface area contributed by atoms with Crippen LogP contribution in [-0.4, -0.2) is 55.9 Å². The lowest BCUT2D eigenvalue weighted by atomic mass is 9.98. The number of hydrogen-bond acceptors (Lipinski definition) is 8. The Hall–Kier alpha value is -4.27. The Morgan fingerprint density at radius 2 is 1.63 bits per heavy atom. The molecule has 0 saturated carbocycles. The standard InChI is InChI=1S/C34H40O9/c1-3-8-28-31(15-12-27-29(35)17-20-42-34(27)28)41-19-7-5-6-18-40-30-14-9-23-21-24(43-22-33(38)39-4-2)10-11-25(23)26(30)13-16-32(36)37/h9-12,14-15,21H,3-8,13,16-20,22H2,1-2H3,(H,36,37). The monoisotopic (exact) mass is 592 g/mol. The minimum Gasteiger partial charge on any atom is -0.493 e. The van der Waals surface area contributed by atoms with Crippen LogP contribution < -0.4 is 18.9 Å². The predicted molar refractivity (Wildman–Crippen MR) is 162 cm³/mol. The molecule has 0 aliphatic carbocycles. The highest BCUT2D eigenvalue weighted by Crippen LogP contribution is 2.37. The van der Waals surface area contributed by atoms with E-state index < -0.39 is 11.9 Å². The van der Waals surface area contributed by atoms with E-state index in [1.54, 1.807) is 13.0 Å². The van der Waals surface area contributed by atoms with Gasteiger partial charge in [0.2, 0.25) is 0 Å². The fourth-order valence-electron chi connectivity index (χ4n) is 5.15. The lowest BCUT2D eigenvalue weighted by Gasteiger charge is -2.22. The van der Waals surface area contributed by atoms with Crippen LogP contribution in [0.15, 0.2) is 42.5 Å². The fraction of sp³-hybridized carbons (Fsp3) is 0.441. The number of carbonyl (C=O) groups excluding carboxylic acids is 2. The second kappa shape index (κ2) is 15.8. The number of benzene rings is 3. The number of Topliss-reactive ketones (excluding diaryl/α,β-unsaturated/α-hetero) is 1. The molecule has 9 nitrogen and oxygen atoms in total. The van der Waals surface area contributed by atoms with Crippen LogP contribution in [0.4, 0.5) is 0 Å². The lowest BCUT2D eigenvalue weighted by molar-refractivity contribution is -0.145. The van der Waals surface area contributed by atoms with Crippen LogP contribution in [0.1, 0.15) is 73.9 Å². The number of rotatable bonds is 17. The van der Waals surface area contributed by atoms with Crippen LogP contribution in [0.25, 0.3) is 10.8 Å². The van der Waals surface area contributed by atoms with Gasteiger partial charge in [0, 0.05) is 24.0 Å². The third-order valence-corrected chi connectivity index (χ3v) is 7.21. The molecule has 230 valence electrons. The van der Waals surface area contributed by atoms with Crippen molar-refractivity contribution >= 4 is 28.5 Å². The second-order valence-electron chi connectivity index (χ2n) is 10.4. The molecule has 3 aromatic carbocycles. The van der Waals surface area contributed by atoms with Gasteiger partial charge in [-0.15, -0.1) is 0 Å². The largest absolute Gasteiger partial charge is 0.493 e. The molecular weight excluding hydrogens is 552 g/mol. The molecule has 0 unspecified atom stereocenters. The number of hydrogen-bond donors (Lipinski definition) is 1. The predicted octanol–water partition coefficient (Wildman–Crippen LogP) is 6.34. The van der Waals surface area contributed by atoms with E-state index in [0.29, 0.717) is 62.1 Å². The summed E-state index contributed by atoms with van der Waals surface area (Å²) in [5, 5.41) is 11.1. The molecule has 0 radical (unpaired) electrons. The summed E-state index contributed by atoms with van der Waals surface area (Å²) >= 11 is 0. The van der Waals surface area contributed by atoms with Crippen LogP contribution in [0.3, 0.4) is 0 Å². The normalized spacial score (nSPS) is 12.4. The molecule has 1 aliphatic rings. The number of aliphatic carboxylic acids is 1. The summed E-state index contributed by atoms with van der Waals surface area (Å²) in [5.41, 5.74) is 2.45. The van der Waals surface area contributed by atoms with Gasteiger partial charge in [-0.25, -0.2) is 4.79 Å². The zero-order valence-electron chi connectivity index (χ0n) is 24.9. The summed E-state index contributed by atoms with van der Waals surface area (Å²) in [5.74, 6) is 1.45. The molecule has 43 heavy (non-hydrogen) atoms. The zero-order valence-corrected chi connectivity index (χ0v) is 24.9. The van der Waals surface area contributed by atoms with Crippen LogP contribution in [0.2, 0.25) is 0 Å². The van der Waals surface area contributed by atoms with E-state index in [4.69, 9.17) is 23.7 Å². The lowest BCUT2D eigenvalue weighted by Crippen LogP contribution is -2.17. The molecule has 1 N–H and O–H groups in total. The highest BCUT2D eigenvalue weighted by molar-refractivity contribution is 6.00. The fourth-order valence-corrected chi connectivity index (χ4v) is 5.15.